The van der Waals surface area contributed by atoms with Crippen molar-refractivity contribution in [2.45, 2.75) is 6.92 Å². The second kappa shape index (κ2) is 4.42. The fraction of sp³-hybridized carbons (Fsp3) is 0.385. The number of aryl methyl sites for hydroxylation is 1. The standard InChI is InChI=1S/C13H15N3O2/c1-9-11-3-2-10(8-12(11)15-14-9)13(17)16-4-6-18-7-5-16/h2-3,8H,4-7H2,1H3,(H,14,15). The highest BCUT2D eigenvalue weighted by Crippen LogP contribution is 2.18. The monoisotopic (exact) mass is 245 g/mol. The first-order chi connectivity index (χ1) is 8.75. The van der Waals surface area contributed by atoms with E-state index in [1.165, 1.54) is 0 Å². The molecule has 3 rings (SSSR count). The Balaban J connectivity index is 1.91. The maximum atomic E-state index is 12.3. The van der Waals surface area contributed by atoms with E-state index in [0.29, 0.717) is 31.9 Å². The molecule has 2 heterocycles. The summed E-state index contributed by atoms with van der Waals surface area (Å²) in [6.07, 6.45) is 0. The van der Waals surface area contributed by atoms with Crippen molar-refractivity contribution in [3.05, 3.63) is 29.5 Å². The molecule has 1 saturated heterocycles. The number of hydrogen-bond donors (Lipinski definition) is 1. The van der Waals surface area contributed by atoms with Crippen molar-refractivity contribution in [1.82, 2.24) is 15.1 Å². The van der Waals surface area contributed by atoms with Crippen molar-refractivity contribution in [2.75, 3.05) is 26.3 Å². The van der Waals surface area contributed by atoms with E-state index in [4.69, 9.17) is 4.74 Å². The van der Waals surface area contributed by atoms with Crippen LogP contribution in [0.15, 0.2) is 18.2 Å². The van der Waals surface area contributed by atoms with Gasteiger partial charge < -0.3 is 9.64 Å². The average Bonchev–Trinajstić information content (AvgIpc) is 2.80. The molecule has 2 aromatic rings. The van der Waals surface area contributed by atoms with Gasteiger partial charge in [0.1, 0.15) is 0 Å². The summed E-state index contributed by atoms with van der Waals surface area (Å²) in [6.45, 7) is 4.54. The number of H-pyrrole nitrogens is 1. The molecule has 1 aromatic carbocycles. The van der Waals surface area contributed by atoms with Gasteiger partial charge in [-0.15, -0.1) is 0 Å². The summed E-state index contributed by atoms with van der Waals surface area (Å²) in [5, 5.41) is 8.18. The van der Waals surface area contributed by atoms with E-state index < -0.39 is 0 Å². The first-order valence-electron chi connectivity index (χ1n) is 6.07. The molecule has 0 radical (unpaired) electrons. The lowest BCUT2D eigenvalue weighted by Gasteiger charge is -2.26. The molecule has 5 nitrogen and oxygen atoms in total. The van der Waals surface area contributed by atoms with E-state index in [-0.39, 0.29) is 5.91 Å². The number of ether oxygens (including phenoxy) is 1. The van der Waals surface area contributed by atoms with E-state index in [1.807, 2.05) is 30.0 Å². The molecule has 1 fully saturated rings. The Labute approximate surface area is 105 Å². The fourth-order valence-electron chi connectivity index (χ4n) is 2.23. The van der Waals surface area contributed by atoms with Crippen LogP contribution in [0.3, 0.4) is 0 Å². The van der Waals surface area contributed by atoms with E-state index in [0.717, 1.165) is 16.6 Å². The Morgan fingerprint density at radius 1 is 1.39 bits per heavy atom. The molecule has 1 amide bonds. The fourth-order valence-corrected chi connectivity index (χ4v) is 2.23. The van der Waals surface area contributed by atoms with E-state index in [1.54, 1.807) is 0 Å². The molecule has 1 aliphatic heterocycles. The van der Waals surface area contributed by atoms with Gasteiger partial charge in [-0.25, -0.2) is 0 Å². The van der Waals surface area contributed by atoms with Gasteiger partial charge in [0, 0.05) is 29.7 Å². The maximum absolute atomic E-state index is 12.3. The van der Waals surface area contributed by atoms with Crippen molar-refractivity contribution in [3.8, 4) is 0 Å². The number of nitrogens with one attached hydrogen (secondary N) is 1. The number of morpholine rings is 1. The van der Waals surface area contributed by atoms with Crippen LogP contribution in [-0.4, -0.2) is 47.3 Å². The van der Waals surface area contributed by atoms with E-state index >= 15 is 0 Å². The highest BCUT2D eigenvalue weighted by Gasteiger charge is 2.19. The highest BCUT2D eigenvalue weighted by atomic mass is 16.5. The van der Waals surface area contributed by atoms with Crippen LogP contribution in [0.5, 0.6) is 0 Å². The minimum Gasteiger partial charge on any atom is -0.378 e. The summed E-state index contributed by atoms with van der Waals surface area (Å²) in [5.41, 5.74) is 2.55. The zero-order valence-electron chi connectivity index (χ0n) is 10.3. The number of amides is 1. The van der Waals surface area contributed by atoms with E-state index in [9.17, 15) is 4.79 Å². The average molecular weight is 245 g/mol. The van der Waals surface area contributed by atoms with Crippen molar-refractivity contribution in [3.63, 3.8) is 0 Å². The third-order valence-electron chi connectivity index (χ3n) is 3.29. The van der Waals surface area contributed by atoms with Gasteiger partial charge in [-0.3, -0.25) is 9.89 Å². The topological polar surface area (TPSA) is 58.2 Å². The van der Waals surface area contributed by atoms with Gasteiger partial charge in [-0.1, -0.05) is 6.07 Å². The minimum absolute atomic E-state index is 0.0563. The molecular formula is C13H15N3O2. The molecule has 94 valence electrons. The number of nitrogens with zero attached hydrogens (tertiary/aromatic N) is 2. The molecule has 1 N–H and O–H groups in total. The quantitative estimate of drug-likeness (QED) is 0.825. The van der Waals surface area contributed by atoms with Crippen LogP contribution in [0, 0.1) is 6.92 Å². The van der Waals surface area contributed by atoms with Crippen molar-refractivity contribution in [1.29, 1.82) is 0 Å². The maximum Gasteiger partial charge on any atom is 0.254 e. The number of aromatic nitrogens is 2. The van der Waals surface area contributed by atoms with Crippen LogP contribution in [0.25, 0.3) is 10.9 Å². The number of fused-ring (bicyclic) bond motifs is 1. The first kappa shape index (κ1) is 11.2. The SMILES string of the molecule is Cc1[nH]nc2cc(C(=O)N3CCOCC3)ccc12. The predicted molar refractivity (Wildman–Crippen MR) is 67.6 cm³/mol. The van der Waals surface area contributed by atoms with Gasteiger partial charge in [0.15, 0.2) is 0 Å². The van der Waals surface area contributed by atoms with Crippen LogP contribution >= 0.6 is 0 Å². The van der Waals surface area contributed by atoms with Gasteiger partial charge in [0.05, 0.1) is 18.7 Å². The zero-order valence-corrected chi connectivity index (χ0v) is 10.3. The largest absolute Gasteiger partial charge is 0.378 e. The molecule has 0 aliphatic carbocycles. The Morgan fingerprint density at radius 3 is 2.94 bits per heavy atom. The molecule has 0 spiro atoms. The van der Waals surface area contributed by atoms with Gasteiger partial charge in [-0.2, -0.15) is 5.10 Å². The summed E-state index contributed by atoms with van der Waals surface area (Å²) in [4.78, 5) is 14.1. The highest BCUT2D eigenvalue weighted by molar-refractivity contribution is 5.98. The smallest absolute Gasteiger partial charge is 0.254 e. The minimum atomic E-state index is 0.0563. The Hall–Kier alpha value is -1.88. The van der Waals surface area contributed by atoms with Crippen LogP contribution < -0.4 is 0 Å². The number of hydrogen-bond acceptors (Lipinski definition) is 3. The summed E-state index contributed by atoms with van der Waals surface area (Å²) in [5.74, 6) is 0.0563. The zero-order chi connectivity index (χ0) is 12.5. The second-order valence-corrected chi connectivity index (χ2v) is 4.49. The number of carbonyl (C=O) groups excluding carboxylic acids is 1. The third kappa shape index (κ3) is 1.86. The predicted octanol–water partition coefficient (Wildman–Crippen LogP) is 1.34. The van der Waals surface area contributed by atoms with Gasteiger partial charge in [0.2, 0.25) is 0 Å². The number of benzene rings is 1. The van der Waals surface area contributed by atoms with Gasteiger partial charge >= 0.3 is 0 Å². The third-order valence-corrected chi connectivity index (χ3v) is 3.29. The number of aromatic amines is 1. The van der Waals surface area contributed by atoms with Crippen LogP contribution in [0.4, 0.5) is 0 Å². The molecule has 0 saturated carbocycles. The lowest BCUT2D eigenvalue weighted by Crippen LogP contribution is -2.40. The molecule has 5 heteroatoms. The first-order valence-corrected chi connectivity index (χ1v) is 6.07. The van der Waals surface area contributed by atoms with Crippen molar-refractivity contribution in [2.24, 2.45) is 0 Å². The van der Waals surface area contributed by atoms with Crippen molar-refractivity contribution >= 4 is 16.8 Å². The van der Waals surface area contributed by atoms with Crippen LogP contribution in [-0.2, 0) is 4.74 Å². The van der Waals surface area contributed by atoms with E-state index in [2.05, 4.69) is 10.2 Å². The van der Waals surface area contributed by atoms with Gasteiger partial charge in [-0.05, 0) is 19.1 Å². The molecule has 18 heavy (non-hydrogen) atoms. The molecule has 0 unspecified atom stereocenters. The summed E-state index contributed by atoms with van der Waals surface area (Å²) >= 11 is 0. The summed E-state index contributed by atoms with van der Waals surface area (Å²) < 4.78 is 5.25. The second-order valence-electron chi connectivity index (χ2n) is 4.49. The molecular weight excluding hydrogens is 230 g/mol. The van der Waals surface area contributed by atoms with Crippen LogP contribution in [0.1, 0.15) is 16.1 Å². The summed E-state index contributed by atoms with van der Waals surface area (Å²) in [6, 6.07) is 5.65. The molecule has 1 aliphatic rings. The number of carbonyl (C=O) groups is 1. The molecule has 0 atom stereocenters. The van der Waals surface area contributed by atoms with Crippen molar-refractivity contribution < 1.29 is 9.53 Å². The van der Waals surface area contributed by atoms with Crippen LogP contribution in [0.2, 0.25) is 0 Å². The lowest BCUT2D eigenvalue weighted by atomic mass is 10.1. The Kier molecular flexibility index (Phi) is 2.76. The molecule has 1 aromatic heterocycles. The summed E-state index contributed by atoms with van der Waals surface area (Å²) in [7, 11) is 0. The Bertz CT molecular complexity index is 585. The Morgan fingerprint density at radius 2 is 2.17 bits per heavy atom. The molecule has 0 bridgehead atoms. The number of rotatable bonds is 1. The normalized spacial score (nSPS) is 16.2. The lowest BCUT2D eigenvalue weighted by molar-refractivity contribution is 0.0303. The van der Waals surface area contributed by atoms with Gasteiger partial charge in [0.25, 0.3) is 5.91 Å².